The van der Waals surface area contributed by atoms with E-state index in [9.17, 15) is 0 Å². The minimum Gasteiger partial charge on any atom is -0.381 e. The van der Waals surface area contributed by atoms with Crippen molar-refractivity contribution in [2.75, 3.05) is 40.0 Å². The molecule has 0 aromatic heterocycles. The number of ether oxygens (including phenoxy) is 2. The largest absolute Gasteiger partial charge is 0.381 e. The van der Waals surface area contributed by atoms with E-state index in [1.165, 1.54) is 32.1 Å². The molecule has 1 saturated carbocycles. The highest BCUT2D eigenvalue weighted by atomic mass is 16.5. The van der Waals surface area contributed by atoms with Crippen LogP contribution in [0.5, 0.6) is 0 Å². The predicted molar refractivity (Wildman–Crippen MR) is 77.5 cm³/mol. The van der Waals surface area contributed by atoms with E-state index in [2.05, 4.69) is 17.1 Å². The van der Waals surface area contributed by atoms with E-state index in [1.807, 2.05) is 7.11 Å². The van der Waals surface area contributed by atoms with Crippen molar-refractivity contribution < 1.29 is 9.47 Å². The van der Waals surface area contributed by atoms with Crippen LogP contribution in [0.2, 0.25) is 0 Å². The standard InChI is InChI=1S/C15H30N2O2/c1-3-7-16-11-14-12-19-9-8-17(14)13-5-4-6-15(10-13)18-2/h13-16H,3-12H2,1-2H3. The van der Waals surface area contributed by atoms with Crippen LogP contribution in [0.25, 0.3) is 0 Å². The van der Waals surface area contributed by atoms with Gasteiger partial charge in [-0.15, -0.1) is 0 Å². The normalized spacial score (nSPS) is 33.5. The van der Waals surface area contributed by atoms with Gasteiger partial charge in [0.15, 0.2) is 0 Å². The maximum atomic E-state index is 5.67. The van der Waals surface area contributed by atoms with Crippen molar-refractivity contribution in [3.63, 3.8) is 0 Å². The molecule has 0 spiro atoms. The second-order valence-corrected chi connectivity index (χ2v) is 5.85. The van der Waals surface area contributed by atoms with Crippen LogP contribution in [0.15, 0.2) is 0 Å². The second kappa shape index (κ2) is 8.20. The highest BCUT2D eigenvalue weighted by Gasteiger charge is 2.32. The summed E-state index contributed by atoms with van der Waals surface area (Å²) in [6.07, 6.45) is 6.71. The Bertz CT molecular complexity index is 250. The van der Waals surface area contributed by atoms with Crippen LogP contribution < -0.4 is 5.32 Å². The lowest BCUT2D eigenvalue weighted by atomic mass is 9.90. The molecule has 4 nitrogen and oxygen atoms in total. The highest BCUT2D eigenvalue weighted by Crippen LogP contribution is 2.27. The topological polar surface area (TPSA) is 33.7 Å². The van der Waals surface area contributed by atoms with E-state index in [0.29, 0.717) is 18.2 Å². The summed E-state index contributed by atoms with van der Waals surface area (Å²) in [5, 5.41) is 3.55. The van der Waals surface area contributed by atoms with Gasteiger partial charge in [-0.3, -0.25) is 4.90 Å². The fourth-order valence-electron chi connectivity index (χ4n) is 3.41. The SMILES string of the molecule is CCCNCC1COCCN1C1CCCC(OC)C1. The van der Waals surface area contributed by atoms with E-state index >= 15 is 0 Å². The zero-order chi connectivity index (χ0) is 13.5. The molecule has 2 rings (SSSR count). The van der Waals surface area contributed by atoms with E-state index in [-0.39, 0.29) is 0 Å². The first-order valence-corrected chi connectivity index (χ1v) is 7.92. The average molecular weight is 270 g/mol. The smallest absolute Gasteiger partial charge is 0.0635 e. The summed E-state index contributed by atoms with van der Waals surface area (Å²) in [7, 11) is 1.85. The third kappa shape index (κ3) is 4.42. The van der Waals surface area contributed by atoms with E-state index in [4.69, 9.17) is 9.47 Å². The molecule has 112 valence electrons. The molecule has 0 aromatic rings. The van der Waals surface area contributed by atoms with Crippen LogP contribution in [0.4, 0.5) is 0 Å². The minimum atomic E-state index is 0.464. The minimum absolute atomic E-state index is 0.464. The van der Waals surface area contributed by atoms with Gasteiger partial charge in [0.25, 0.3) is 0 Å². The van der Waals surface area contributed by atoms with Crippen LogP contribution in [0, 0.1) is 0 Å². The molecule has 3 unspecified atom stereocenters. The van der Waals surface area contributed by atoms with Crippen molar-refractivity contribution in [1.29, 1.82) is 0 Å². The molecule has 4 heteroatoms. The molecule has 1 heterocycles. The number of nitrogens with zero attached hydrogens (tertiary/aromatic N) is 1. The van der Waals surface area contributed by atoms with Gasteiger partial charge in [-0.1, -0.05) is 6.92 Å². The van der Waals surface area contributed by atoms with Gasteiger partial charge in [0.05, 0.1) is 19.3 Å². The third-order valence-corrected chi connectivity index (χ3v) is 4.48. The van der Waals surface area contributed by atoms with Gasteiger partial charge in [0, 0.05) is 32.3 Å². The summed E-state index contributed by atoms with van der Waals surface area (Å²) >= 11 is 0. The van der Waals surface area contributed by atoms with Crippen LogP contribution in [-0.2, 0) is 9.47 Å². The van der Waals surface area contributed by atoms with Crippen molar-refractivity contribution in [3.8, 4) is 0 Å². The van der Waals surface area contributed by atoms with Gasteiger partial charge < -0.3 is 14.8 Å². The zero-order valence-electron chi connectivity index (χ0n) is 12.6. The first-order valence-electron chi connectivity index (χ1n) is 7.92. The summed E-state index contributed by atoms with van der Waals surface area (Å²) in [5.41, 5.74) is 0. The second-order valence-electron chi connectivity index (χ2n) is 5.85. The molecule has 0 aromatic carbocycles. The number of hydrogen-bond acceptors (Lipinski definition) is 4. The fourth-order valence-corrected chi connectivity index (χ4v) is 3.41. The van der Waals surface area contributed by atoms with Crippen LogP contribution >= 0.6 is 0 Å². The Morgan fingerprint density at radius 1 is 1.37 bits per heavy atom. The van der Waals surface area contributed by atoms with Crippen molar-refractivity contribution in [2.45, 2.75) is 57.2 Å². The summed E-state index contributed by atoms with van der Waals surface area (Å²) in [6, 6.07) is 1.23. The fraction of sp³-hybridized carbons (Fsp3) is 1.00. The maximum Gasteiger partial charge on any atom is 0.0635 e. The molecular formula is C15H30N2O2. The molecule has 1 saturated heterocycles. The summed E-state index contributed by atoms with van der Waals surface area (Å²) in [5.74, 6) is 0. The molecule has 0 amide bonds. The van der Waals surface area contributed by atoms with E-state index < -0.39 is 0 Å². The summed E-state index contributed by atoms with van der Waals surface area (Å²) < 4.78 is 11.2. The molecule has 3 atom stereocenters. The number of nitrogens with one attached hydrogen (secondary N) is 1. The van der Waals surface area contributed by atoms with E-state index in [0.717, 1.165) is 32.8 Å². The quantitative estimate of drug-likeness (QED) is 0.744. The lowest BCUT2D eigenvalue weighted by Crippen LogP contribution is -2.55. The number of rotatable bonds is 6. The monoisotopic (exact) mass is 270 g/mol. The molecule has 0 radical (unpaired) electrons. The lowest BCUT2D eigenvalue weighted by molar-refractivity contribution is -0.0528. The molecule has 1 N–H and O–H groups in total. The number of morpholine rings is 1. The first-order chi connectivity index (χ1) is 9.35. The van der Waals surface area contributed by atoms with Crippen LogP contribution in [0.1, 0.15) is 39.0 Å². The molecule has 19 heavy (non-hydrogen) atoms. The Kier molecular flexibility index (Phi) is 6.57. The Morgan fingerprint density at radius 2 is 2.26 bits per heavy atom. The van der Waals surface area contributed by atoms with Crippen molar-refractivity contribution in [2.24, 2.45) is 0 Å². The van der Waals surface area contributed by atoms with Crippen LogP contribution in [0.3, 0.4) is 0 Å². The molecule has 2 aliphatic rings. The Balaban J connectivity index is 1.86. The zero-order valence-corrected chi connectivity index (χ0v) is 12.6. The third-order valence-electron chi connectivity index (χ3n) is 4.48. The molecule has 1 aliphatic heterocycles. The number of hydrogen-bond donors (Lipinski definition) is 1. The summed E-state index contributed by atoms with van der Waals surface area (Å²) in [4.78, 5) is 2.68. The van der Waals surface area contributed by atoms with Crippen molar-refractivity contribution >= 4 is 0 Å². The molecular weight excluding hydrogens is 240 g/mol. The van der Waals surface area contributed by atoms with Crippen molar-refractivity contribution in [1.82, 2.24) is 10.2 Å². The van der Waals surface area contributed by atoms with Crippen LogP contribution in [-0.4, -0.2) is 63.0 Å². The highest BCUT2D eigenvalue weighted by molar-refractivity contribution is 4.87. The molecule has 0 bridgehead atoms. The van der Waals surface area contributed by atoms with Gasteiger partial charge in [-0.05, 0) is 38.6 Å². The van der Waals surface area contributed by atoms with Gasteiger partial charge in [-0.25, -0.2) is 0 Å². The predicted octanol–water partition coefficient (Wildman–Crippen LogP) is 1.64. The van der Waals surface area contributed by atoms with Gasteiger partial charge >= 0.3 is 0 Å². The van der Waals surface area contributed by atoms with E-state index in [1.54, 1.807) is 0 Å². The average Bonchev–Trinajstić information content (AvgIpc) is 2.48. The van der Waals surface area contributed by atoms with Gasteiger partial charge in [-0.2, -0.15) is 0 Å². The first kappa shape index (κ1) is 15.2. The number of methoxy groups -OCH3 is 1. The lowest BCUT2D eigenvalue weighted by Gasteiger charge is -2.44. The van der Waals surface area contributed by atoms with Gasteiger partial charge in [0.1, 0.15) is 0 Å². The Hall–Kier alpha value is -0.160. The Labute approximate surface area is 117 Å². The maximum absolute atomic E-state index is 5.67. The van der Waals surface area contributed by atoms with Gasteiger partial charge in [0.2, 0.25) is 0 Å². The molecule has 1 aliphatic carbocycles. The molecule has 2 fully saturated rings. The van der Waals surface area contributed by atoms with Crippen molar-refractivity contribution in [3.05, 3.63) is 0 Å². The Morgan fingerprint density at radius 3 is 3.05 bits per heavy atom. The summed E-state index contributed by atoms with van der Waals surface area (Å²) in [6.45, 7) is 7.23.